The fourth-order valence-corrected chi connectivity index (χ4v) is 1.44. The van der Waals surface area contributed by atoms with Crippen LogP contribution < -0.4 is 0 Å². The van der Waals surface area contributed by atoms with Crippen molar-refractivity contribution in [2.45, 2.75) is 0 Å². The van der Waals surface area contributed by atoms with E-state index in [9.17, 15) is 9.59 Å². The SMILES string of the molecule is COC(=O)C(=O)c1ccc2ccccn12. The molecule has 0 aliphatic heterocycles. The van der Waals surface area contributed by atoms with Crippen molar-refractivity contribution in [3.8, 4) is 0 Å². The minimum absolute atomic E-state index is 0.317. The van der Waals surface area contributed by atoms with Gasteiger partial charge in [-0.3, -0.25) is 4.79 Å². The summed E-state index contributed by atoms with van der Waals surface area (Å²) in [6, 6.07) is 8.89. The Labute approximate surface area is 86.1 Å². The van der Waals surface area contributed by atoms with Crippen LogP contribution in [0.5, 0.6) is 0 Å². The molecular formula is C11H9NO3. The molecule has 0 aliphatic carbocycles. The van der Waals surface area contributed by atoms with Crippen molar-refractivity contribution in [3.63, 3.8) is 0 Å². The summed E-state index contributed by atoms with van der Waals surface area (Å²) in [5, 5.41) is 0. The van der Waals surface area contributed by atoms with Gasteiger partial charge in [-0.2, -0.15) is 0 Å². The number of nitrogens with zero attached hydrogens (tertiary/aromatic N) is 1. The number of ketones is 1. The highest BCUT2D eigenvalue weighted by atomic mass is 16.5. The molecule has 2 aromatic heterocycles. The molecule has 2 heterocycles. The second-order valence-corrected chi connectivity index (χ2v) is 3.03. The molecule has 0 N–H and O–H groups in total. The lowest BCUT2D eigenvalue weighted by atomic mass is 10.3. The first-order valence-corrected chi connectivity index (χ1v) is 4.43. The molecule has 2 aromatic rings. The van der Waals surface area contributed by atoms with Crippen molar-refractivity contribution < 1.29 is 14.3 Å². The first-order chi connectivity index (χ1) is 7.24. The van der Waals surface area contributed by atoms with Crippen molar-refractivity contribution in [1.29, 1.82) is 0 Å². The molecule has 0 spiro atoms. The topological polar surface area (TPSA) is 47.8 Å². The van der Waals surface area contributed by atoms with E-state index < -0.39 is 11.8 Å². The summed E-state index contributed by atoms with van der Waals surface area (Å²) >= 11 is 0. The van der Waals surface area contributed by atoms with Crippen LogP contribution in [-0.4, -0.2) is 23.3 Å². The van der Waals surface area contributed by atoms with Crippen LogP contribution in [0.15, 0.2) is 36.5 Å². The second-order valence-electron chi connectivity index (χ2n) is 3.03. The summed E-state index contributed by atoms with van der Waals surface area (Å²) in [5.41, 5.74) is 1.18. The zero-order valence-electron chi connectivity index (χ0n) is 8.14. The lowest BCUT2D eigenvalue weighted by molar-refractivity contribution is -0.135. The Hall–Kier alpha value is -2.10. The number of hydrogen-bond donors (Lipinski definition) is 0. The molecule has 0 bridgehead atoms. The van der Waals surface area contributed by atoms with Gasteiger partial charge in [0.25, 0.3) is 5.78 Å². The Kier molecular flexibility index (Phi) is 2.25. The number of aromatic nitrogens is 1. The van der Waals surface area contributed by atoms with E-state index >= 15 is 0 Å². The van der Waals surface area contributed by atoms with Crippen LogP contribution in [-0.2, 0) is 9.53 Å². The maximum atomic E-state index is 11.6. The van der Waals surface area contributed by atoms with Crippen molar-refractivity contribution in [3.05, 3.63) is 42.2 Å². The minimum Gasteiger partial charge on any atom is -0.463 e. The first kappa shape index (κ1) is 9.45. The number of carbonyl (C=O) groups excluding carboxylic acids is 2. The molecule has 4 nitrogen and oxygen atoms in total. The summed E-state index contributed by atoms with van der Waals surface area (Å²) in [5.74, 6) is -1.48. The van der Waals surface area contributed by atoms with E-state index in [2.05, 4.69) is 4.74 Å². The van der Waals surface area contributed by atoms with Crippen molar-refractivity contribution >= 4 is 17.3 Å². The van der Waals surface area contributed by atoms with Crippen molar-refractivity contribution in [1.82, 2.24) is 4.40 Å². The van der Waals surface area contributed by atoms with E-state index in [4.69, 9.17) is 0 Å². The molecule has 0 aliphatic rings. The summed E-state index contributed by atoms with van der Waals surface area (Å²) in [6.45, 7) is 0. The number of pyridine rings is 1. The summed E-state index contributed by atoms with van der Waals surface area (Å²) < 4.78 is 6.03. The first-order valence-electron chi connectivity index (χ1n) is 4.43. The van der Waals surface area contributed by atoms with Gasteiger partial charge in [0.15, 0.2) is 0 Å². The van der Waals surface area contributed by atoms with Crippen molar-refractivity contribution in [2.75, 3.05) is 7.11 Å². The van der Waals surface area contributed by atoms with Crippen LogP contribution in [0, 0.1) is 0 Å². The van der Waals surface area contributed by atoms with Crippen LogP contribution in [0.4, 0.5) is 0 Å². The minimum atomic E-state index is -0.848. The number of Topliss-reactive ketones (excluding diaryl/α,β-unsaturated/α-hetero) is 1. The number of ether oxygens (including phenoxy) is 1. The van der Waals surface area contributed by atoms with Crippen LogP contribution in [0.2, 0.25) is 0 Å². The maximum absolute atomic E-state index is 11.6. The smallest absolute Gasteiger partial charge is 0.381 e. The van der Waals surface area contributed by atoms with Gasteiger partial charge in [0.05, 0.1) is 7.11 Å². The molecule has 0 aromatic carbocycles. The largest absolute Gasteiger partial charge is 0.463 e. The van der Waals surface area contributed by atoms with Gasteiger partial charge in [0.1, 0.15) is 5.69 Å². The third kappa shape index (κ3) is 1.50. The zero-order valence-corrected chi connectivity index (χ0v) is 8.14. The number of hydrogen-bond acceptors (Lipinski definition) is 3. The van der Waals surface area contributed by atoms with E-state index in [1.54, 1.807) is 28.8 Å². The lowest BCUT2D eigenvalue weighted by Crippen LogP contribution is -2.17. The van der Waals surface area contributed by atoms with E-state index in [0.29, 0.717) is 5.69 Å². The molecular weight excluding hydrogens is 194 g/mol. The maximum Gasteiger partial charge on any atom is 0.381 e. The van der Waals surface area contributed by atoms with E-state index in [1.165, 1.54) is 7.11 Å². The van der Waals surface area contributed by atoms with E-state index in [0.717, 1.165) is 5.52 Å². The summed E-state index contributed by atoms with van der Waals surface area (Å²) in [7, 11) is 1.19. The van der Waals surface area contributed by atoms with Crippen LogP contribution >= 0.6 is 0 Å². The highest BCUT2D eigenvalue weighted by Gasteiger charge is 2.19. The monoisotopic (exact) mass is 203 g/mol. The highest BCUT2D eigenvalue weighted by Crippen LogP contribution is 2.10. The Bertz CT molecular complexity index is 527. The van der Waals surface area contributed by atoms with Crippen LogP contribution in [0.3, 0.4) is 0 Å². The van der Waals surface area contributed by atoms with Crippen LogP contribution in [0.1, 0.15) is 10.5 Å². The number of fused-ring (bicyclic) bond motifs is 1. The van der Waals surface area contributed by atoms with E-state index in [-0.39, 0.29) is 0 Å². The standard InChI is InChI=1S/C11H9NO3/c1-15-11(14)10(13)9-6-5-8-4-2-3-7-12(8)9/h2-7H,1H3. The number of carbonyl (C=O) groups is 2. The molecule has 0 fully saturated rings. The van der Waals surface area contributed by atoms with Gasteiger partial charge in [-0.15, -0.1) is 0 Å². The van der Waals surface area contributed by atoms with Crippen molar-refractivity contribution in [2.24, 2.45) is 0 Å². The molecule has 76 valence electrons. The van der Waals surface area contributed by atoms with Gasteiger partial charge < -0.3 is 9.14 Å². The van der Waals surface area contributed by atoms with Gasteiger partial charge in [0.2, 0.25) is 0 Å². The Morgan fingerprint density at radius 2 is 2.00 bits per heavy atom. The number of rotatable bonds is 2. The number of methoxy groups -OCH3 is 1. The predicted molar refractivity (Wildman–Crippen MR) is 53.7 cm³/mol. The second kappa shape index (κ2) is 3.57. The molecule has 0 saturated carbocycles. The van der Waals surface area contributed by atoms with Gasteiger partial charge in [-0.05, 0) is 24.3 Å². The molecule has 0 amide bonds. The highest BCUT2D eigenvalue weighted by molar-refractivity contribution is 6.40. The average molecular weight is 203 g/mol. The molecule has 4 heteroatoms. The fraction of sp³-hybridized carbons (Fsp3) is 0.0909. The Morgan fingerprint density at radius 1 is 1.20 bits per heavy atom. The third-order valence-corrected chi connectivity index (χ3v) is 2.17. The Morgan fingerprint density at radius 3 is 2.73 bits per heavy atom. The van der Waals surface area contributed by atoms with Crippen LogP contribution in [0.25, 0.3) is 5.52 Å². The van der Waals surface area contributed by atoms with Gasteiger partial charge >= 0.3 is 5.97 Å². The normalized spacial score (nSPS) is 10.2. The lowest BCUT2D eigenvalue weighted by Gasteiger charge is -1.99. The molecule has 0 unspecified atom stereocenters. The molecule has 2 rings (SSSR count). The molecule has 15 heavy (non-hydrogen) atoms. The molecule has 0 radical (unpaired) electrons. The van der Waals surface area contributed by atoms with Gasteiger partial charge in [-0.25, -0.2) is 4.79 Å². The quantitative estimate of drug-likeness (QED) is 0.420. The third-order valence-electron chi connectivity index (χ3n) is 2.17. The Balaban J connectivity index is 2.53. The van der Waals surface area contributed by atoms with Gasteiger partial charge in [-0.1, -0.05) is 6.07 Å². The summed E-state index contributed by atoms with van der Waals surface area (Å²) in [6.07, 6.45) is 1.73. The fourth-order valence-electron chi connectivity index (χ4n) is 1.44. The molecule has 0 saturated heterocycles. The summed E-state index contributed by atoms with van der Waals surface area (Å²) in [4.78, 5) is 22.6. The average Bonchev–Trinajstić information content (AvgIpc) is 2.70. The molecule has 0 atom stereocenters. The number of esters is 1. The van der Waals surface area contributed by atoms with E-state index in [1.807, 2.05) is 12.1 Å². The zero-order chi connectivity index (χ0) is 10.8. The predicted octanol–water partition coefficient (Wildman–Crippen LogP) is 1.29. The van der Waals surface area contributed by atoms with Gasteiger partial charge in [0, 0.05) is 11.7 Å².